The summed E-state index contributed by atoms with van der Waals surface area (Å²) < 4.78 is 26.3. The lowest BCUT2D eigenvalue weighted by Crippen LogP contribution is -2.47. The van der Waals surface area contributed by atoms with Gasteiger partial charge in [0, 0.05) is 49.8 Å². The van der Waals surface area contributed by atoms with E-state index in [1.54, 1.807) is 6.07 Å². The first-order valence-electron chi connectivity index (χ1n) is 10.1. The largest absolute Gasteiger partial charge is 0.361 e. The fourth-order valence-electron chi connectivity index (χ4n) is 4.08. The van der Waals surface area contributed by atoms with E-state index in [4.69, 9.17) is 0 Å². The minimum absolute atomic E-state index is 0.752. The van der Waals surface area contributed by atoms with Crippen molar-refractivity contribution in [3.05, 3.63) is 71.4 Å². The number of aromatic nitrogens is 1. The molecule has 28 heavy (non-hydrogen) atoms. The highest BCUT2D eigenvalue weighted by molar-refractivity contribution is 5.82. The molecule has 2 aromatic carbocycles. The fourth-order valence-corrected chi connectivity index (χ4v) is 4.08. The van der Waals surface area contributed by atoms with Gasteiger partial charge in [0.25, 0.3) is 0 Å². The maximum absolute atomic E-state index is 13.3. The molecule has 4 rings (SSSR count). The molecule has 148 valence electrons. The lowest BCUT2D eigenvalue weighted by Gasteiger charge is -2.34. The molecule has 5 heteroatoms. The summed E-state index contributed by atoms with van der Waals surface area (Å²) in [5, 5.41) is 1.34. The van der Waals surface area contributed by atoms with Gasteiger partial charge in [0.05, 0.1) is 0 Å². The number of benzene rings is 2. The summed E-state index contributed by atoms with van der Waals surface area (Å²) in [6.07, 6.45) is 5.04. The van der Waals surface area contributed by atoms with E-state index in [-0.39, 0.29) is 0 Å². The quantitative estimate of drug-likeness (QED) is 0.659. The second-order valence-electron chi connectivity index (χ2n) is 7.64. The predicted octanol–water partition coefficient (Wildman–Crippen LogP) is 4.24. The van der Waals surface area contributed by atoms with Crippen molar-refractivity contribution in [2.45, 2.75) is 19.3 Å². The second-order valence-corrected chi connectivity index (χ2v) is 7.64. The molecule has 0 atom stereocenters. The topological polar surface area (TPSA) is 22.3 Å². The molecular formula is C23H27F2N3. The Morgan fingerprint density at radius 3 is 2.39 bits per heavy atom. The Hall–Kier alpha value is -2.24. The van der Waals surface area contributed by atoms with E-state index in [1.165, 1.54) is 35.0 Å². The van der Waals surface area contributed by atoms with Crippen molar-refractivity contribution >= 4 is 10.9 Å². The molecule has 1 fully saturated rings. The van der Waals surface area contributed by atoms with Gasteiger partial charge in [0.1, 0.15) is 0 Å². The van der Waals surface area contributed by atoms with Crippen molar-refractivity contribution in [3.8, 4) is 0 Å². The SMILES string of the molecule is Fc1ccc(CCN2CCN(CCCc3cccc4[nH]ccc34)CC2)cc1F. The van der Waals surface area contributed by atoms with E-state index in [9.17, 15) is 8.78 Å². The van der Waals surface area contributed by atoms with Gasteiger partial charge in [-0.1, -0.05) is 18.2 Å². The number of H-pyrrole nitrogens is 1. The second kappa shape index (κ2) is 8.84. The van der Waals surface area contributed by atoms with Crippen LogP contribution in [0.4, 0.5) is 8.78 Å². The number of nitrogens with zero attached hydrogens (tertiary/aromatic N) is 2. The van der Waals surface area contributed by atoms with Gasteiger partial charge in [-0.05, 0) is 61.2 Å². The molecule has 1 aliphatic heterocycles. The average Bonchev–Trinajstić information content (AvgIpc) is 3.20. The molecule has 0 bridgehead atoms. The van der Waals surface area contributed by atoms with E-state index in [2.05, 4.69) is 39.0 Å². The molecule has 1 aromatic heterocycles. The normalized spacial score (nSPS) is 16.1. The summed E-state index contributed by atoms with van der Waals surface area (Å²) in [5.41, 5.74) is 3.50. The van der Waals surface area contributed by atoms with Gasteiger partial charge >= 0.3 is 0 Å². The molecule has 1 saturated heterocycles. The molecule has 0 saturated carbocycles. The summed E-state index contributed by atoms with van der Waals surface area (Å²) in [4.78, 5) is 8.23. The molecule has 0 aliphatic carbocycles. The first-order valence-corrected chi connectivity index (χ1v) is 10.1. The van der Waals surface area contributed by atoms with E-state index in [1.807, 2.05) is 6.20 Å². The molecule has 1 N–H and O–H groups in total. The summed E-state index contributed by atoms with van der Waals surface area (Å²) in [7, 11) is 0. The summed E-state index contributed by atoms with van der Waals surface area (Å²) in [6, 6.07) is 12.9. The van der Waals surface area contributed by atoms with Crippen LogP contribution in [0.3, 0.4) is 0 Å². The molecule has 2 heterocycles. The number of aryl methyl sites for hydroxylation is 1. The van der Waals surface area contributed by atoms with Crippen molar-refractivity contribution in [1.82, 2.24) is 14.8 Å². The van der Waals surface area contributed by atoms with Crippen LogP contribution in [-0.4, -0.2) is 54.1 Å². The first-order chi connectivity index (χ1) is 13.7. The Morgan fingerprint density at radius 2 is 1.61 bits per heavy atom. The van der Waals surface area contributed by atoms with Gasteiger partial charge in [0.15, 0.2) is 11.6 Å². The summed E-state index contributed by atoms with van der Waals surface area (Å²) in [5.74, 6) is -1.53. The van der Waals surface area contributed by atoms with Crippen LogP contribution in [0.2, 0.25) is 0 Å². The van der Waals surface area contributed by atoms with Crippen molar-refractivity contribution in [1.29, 1.82) is 0 Å². The standard InChI is InChI=1S/C23H27F2N3/c24-21-7-6-18(17-22(21)25)9-12-28-15-13-27(14-16-28)11-2-4-19-3-1-5-23-20(19)8-10-26-23/h1,3,5-8,10,17,26H,2,4,9,11-16H2. The van der Waals surface area contributed by atoms with E-state index in [0.29, 0.717) is 0 Å². The Balaban J connectivity index is 1.18. The van der Waals surface area contributed by atoms with Crippen LogP contribution in [0.5, 0.6) is 0 Å². The zero-order chi connectivity index (χ0) is 19.3. The van der Waals surface area contributed by atoms with Crippen LogP contribution in [0.25, 0.3) is 10.9 Å². The average molecular weight is 383 g/mol. The van der Waals surface area contributed by atoms with Crippen LogP contribution in [0.1, 0.15) is 17.5 Å². The van der Waals surface area contributed by atoms with Gasteiger partial charge in [-0.2, -0.15) is 0 Å². The third-order valence-corrected chi connectivity index (χ3v) is 5.77. The molecule has 3 nitrogen and oxygen atoms in total. The summed E-state index contributed by atoms with van der Waals surface area (Å²) >= 11 is 0. The predicted molar refractivity (Wildman–Crippen MR) is 110 cm³/mol. The van der Waals surface area contributed by atoms with Crippen molar-refractivity contribution < 1.29 is 8.78 Å². The van der Waals surface area contributed by atoms with E-state index >= 15 is 0 Å². The van der Waals surface area contributed by atoms with Gasteiger partial charge in [0.2, 0.25) is 0 Å². The van der Waals surface area contributed by atoms with Crippen LogP contribution < -0.4 is 0 Å². The maximum atomic E-state index is 13.3. The van der Waals surface area contributed by atoms with Crippen molar-refractivity contribution in [2.75, 3.05) is 39.3 Å². The Kier molecular flexibility index (Phi) is 6.03. The number of nitrogens with one attached hydrogen (secondary N) is 1. The Bertz CT molecular complexity index is 913. The minimum atomic E-state index is -0.773. The number of hydrogen-bond acceptors (Lipinski definition) is 2. The lowest BCUT2D eigenvalue weighted by molar-refractivity contribution is 0.132. The van der Waals surface area contributed by atoms with Gasteiger partial charge in [-0.25, -0.2) is 8.78 Å². The van der Waals surface area contributed by atoms with Gasteiger partial charge in [-0.15, -0.1) is 0 Å². The number of halogens is 2. The molecule has 0 spiro atoms. The first kappa shape index (κ1) is 19.1. The molecular weight excluding hydrogens is 356 g/mol. The lowest BCUT2D eigenvalue weighted by atomic mass is 10.1. The third-order valence-electron chi connectivity index (χ3n) is 5.77. The molecule has 0 radical (unpaired) electrons. The number of piperazine rings is 1. The Labute approximate surface area is 165 Å². The number of fused-ring (bicyclic) bond motifs is 1. The van der Waals surface area contributed by atoms with E-state index in [0.717, 1.165) is 57.7 Å². The zero-order valence-corrected chi connectivity index (χ0v) is 16.1. The molecule has 3 aromatic rings. The smallest absolute Gasteiger partial charge is 0.159 e. The highest BCUT2D eigenvalue weighted by Gasteiger charge is 2.16. The van der Waals surface area contributed by atoms with Gasteiger partial charge < -0.3 is 14.8 Å². The van der Waals surface area contributed by atoms with Crippen LogP contribution >= 0.6 is 0 Å². The zero-order valence-electron chi connectivity index (χ0n) is 16.1. The fraction of sp³-hybridized carbons (Fsp3) is 0.391. The van der Waals surface area contributed by atoms with Crippen molar-refractivity contribution in [3.63, 3.8) is 0 Å². The van der Waals surface area contributed by atoms with Gasteiger partial charge in [-0.3, -0.25) is 0 Å². The monoisotopic (exact) mass is 383 g/mol. The number of hydrogen-bond donors (Lipinski definition) is 1. The third kappa shape index (κ3) is 4.59. The van der Waals surface area contributed by atoms with E-state index < -0.39 is 11.6 Å². The highest BCUT2D eigenvalue weighted by Crippen LogP contribution is 2.19. The van der Waals surface area contributed by atoms with Crippen LogP contribution in [0.15, 0.2) is 48.7 Å². The highest BCUT2D eigenvalue weighted by atomic mass is 19.2. The van der Waals surface area contributed by atoms with Crippen LogP contribution in [0, 0.1) is 11.6 Å². The Morgan fingerprint density at radius 1 is 0.821 bits per heavy atom. The van der Waals surface area contributed by atoms with Crippen molar-refractivity contribution in [2.24, 2.45) is 0 Å². The van der Waals surface area contributed by atoms with Crippen LogP contribution in [-0.2, 0) is 12.8 Å². The number of aromatic amines is 1. The summed E-state index contributed by atoms with van der Waals surface area (Å²) in [6.45, 7) is 6.25. The maximum Gasteiger partial charge on any atom is 0.159 e. The molecule has 1 aliphatic rings. The molecule has 0 amide bonds. The number of rotatable bonds is 7. The minimum Gasteiger partial charge on any atom is -0.361 e. The molecule has 0 unspecified atom stereocenters.